The molecule has 2 rings (SSSR count). The fourth-order valence-corrected chi connectivity index (χ4v) is 1.72. The molecule has 5 nitrogen and oxygen atoms in total. The lowest BCUT2D eigenvalue weighted by atomic mass is 9.85. The van der Waals surface area contributed by atoms with Crippen molar-refractivity contribution in [2.24, 2.45) is 7.05 Å². The summed E-state index contributed by atoms with van der Waals surface area (Å²) in [4.78, 5) is 15.4. The van der Waals surface area contributed by atoms with Gasteiger partial charge < -0.3 is 14.4 Å². The van der Waals surface area contributed by atoms with E-state index in [1.807, 2.05) is 13.1 Å². The summed E-state index contributed by atoms with van der Waals surface area (Å²) in [6.45, 7) is 2.28. The molecule has 0 bridgehead atoms. The monoisotopic (exact) mass is 196 g/mol. The third-order valence-electron chi connectivity index (χ3n) is 2.53. The van der Waals surface area contributed by atoms with Gasteiger partial charge >= 0.3 is 5.97 Å². The number of carboxylic acid groups (broad SMARTS) is 1. The smallest absolute Gasteiger partial charge is 0.322 e. The topological polar surface area (TPSA) is 64.4 Å². The summed E-state index contributed by atoms with van der Waals surface area (Å²) in [5.41, 5.74) is -0.0988. The molecule has 2 heterocycles. The lowest BCUT2D eigenvalue weighted by molar-refractivity contribution is -0.164. The SMILES string of the molecule is Cc1cn(C)c(C2(C(=O)O)COC2)n1. The summed E-state index contributed by atoms with van der Waals surface area (Å²) in [7, 11) is 1.80. The number of aliphatic carboxylic acids is 1. The van der Waals surface area contributed by atoms with Gasteiger partial charge in [-0.1, -0.05) is 0 Å². The highest BCUT2D eigenvalue weighted by Gasteiger charge is 2.51. The maximum absolute atomic E-state index is 11.1. The Bertz CT molecular complexity index is 379. The van der Waals surface area contributed by atoms with Crippen molar-refractivity contribution in [1.29, 1.82) is 0 Å². The first kappa shape index (κ1) is 9.21. The van der Waals surface area contributed by atoms with E-state index in [1.54, 1.807) is 11.6 Å². The minimum absolute atomic E-state index is 0.215. The van der Waals surface area contributed by atoms with Crippen LogP contribution in [0.15, 0.2) is 6.20 Å². The standard InChI is InChI=1S/C9H12N2O3/c1-6-3-11(2)7(10-6)9(8(12)13)4-14-5-9/h3H,4-5H2,1-2H3,(H,12,13). The van der Waals surface area contributed by atoms with Crippen LogP contribution in [0.3, 0.4) is 0 Å². The molecule has 1 aromatic heterocycles. The summed E-state index contributed by atoms with van der Waals surface area (Å²) < 4.78 is 6.74. The van der Waals surface area contributed by atoms with E-state index in [2.05, 4.69) is 4.98 Å². The summed E-state index contributed by atoms with van der Waals surface area (Å²) in [5, 5.41) is 9.14. The van der Waals surface area contributed by atoms with Crippen molar-refractivity contribution in [2.75, 3.05) is 13.2 Å². The van der Waals surface area contributed by atoms with Crippen LogP contribution in [0, 0.1) is 6.92 Å². The van der Waals surface area contributed by atoms with Crippen molar-refractivity contribution in [3.63, 3.8) is 0 Å². The van der Waals surface area contributed by atoms with Crippen LogP contribution in [0.25, 0.3) is 0 Å². The van der Waals surface area contributed by atoms with Crippen molar-refractivity contribution in [3.8, 4) is 0 Å². The Morgan fingerprint density at radius 1 is 1.71 bits per heavy atom. The molecule has 1 fully saturated rings. The number of hydrogen-bond acceptors (Lipinski definition) is 3. The van der Waals surface area contributed by atoms with E-state index in [0.29, 0.717) is 5.82 Å². The lowest BCUT2D eigenvalue weighted by Crippen LogP contribution is -2.54. The molecule has 0 saturated carbocycles. The third-order valence-corrected chi connectivity index (χ3v) is 2.53. The Hall–Kier alpha value is -1.36. The first-order chi connectivity index (χ1) is 6.56. The Morgan fingerprint density at radius 3 is 2.64 bits per heavy atom. The molecule has 1 aromatic rings. The average Bonchev–Trinajstić information content (AvgIpc) is 2.27. The molecule has 0 radical (unpaired) electrons. The number of aromatic nitrogens is 2. The molecule has 1 aliphatic heterocycles. The van der Waals surface area contributed by atoms with Crippen molar-refractivity contribution in [1.82, 2.24) is 9.55 Å². The number of ether oxygens (including phenoxy) is 1. The van der Waals surface area contributed by atoms with Crippen LogP contribution in [0.2, 0.25) is 0 Å². The van der Waals surface area contributed by atoms with Crippen molar-refractivity contribution >= 4 is 5.97 Å². The van der Waals surface area contributed by atoms with E-state index < -0.39 is 11.4 Å². The first-order valence-electron chi connectivity index (χ1n) is 4.38. The van der Waals surface area contributed by atoms with Crippen LogP contribution in [0.5, 0.6) is 0 Å². The van der Waals surface area contributed by atoms with Gasteiger partial charge in [-0.25, -0.2) is 4.98 Å². The summed E-state index contributed by atoms with van der Waals surface area (Å²) in [6, 6.07) is 0. The van der Waals surface area contributed by atoms with E-state index in [4.69, 9.17) is 9.84 Å². The van der Waals surface area contributed by atoms with Crippen LogP contribution < -0.4 is 0 Å². The highest BCUT2D eigenvalue weighted by Crippen LogP contribution is 2.31. The molecule has 76 valence electrons. The van der Waals surface area contributed by atoms with Gasteiger partial charge in [-0.15, -0.1) is 0 Å². The van der Waals surface area contributed by atoms with Crippen LogP contribution >= 0.6 is 0 Å². The van der Waals surface area contributed by atoms with Gasteiger partial charge in [-0.2, -0.15) is 0 Å². The molecule has 1 aliphatic rings. The van der Waals surface area contributed by atoms with Crippen LogP contribution in [0.4, 0.5) is 0 Å². The minimum Gasteiger partial charge on any atom is -0.480 e. The molecule has 1 saturated heterocycles. The third kappa shape index (κ3) is 1.05. The lowest BCUT2D eigenvalue weighted by Gasteiger charge is -2.36. The van der Waals surface area contributed by atoms with E-state index in [9.17, 15) is 4.79 Å². The predicted octanol–water partition coefficient (Wildman–Crippen LogP) is 0.0811. The summed E-state index contributed by atoms with van der Waals surface area (Å²) in [5.74, 6) is -0.286. The zero-order valence-corrected chi connectivity index (χ0v) is 8.15. The van der Waals surface area contributed by atoms with Crippen molar-refractivity contribution < 1.29 is 14.6 Å². The van der Waals surface area contributed by atoms with Crippen LogP contribution in [-0.2, 0) is 22.0 Å². The van der Waals surface area contributed by atoms with E-state index >= 15 is 0 Å². The molecular weight excluding hydrogens is 184 g/mol. The number of hydrogen-bond donors (Lipinski definition) is 1. The van der Waals surface area contributed by atoms with Crippen LogP contribution in [-0.4, -0.2) is 33.8 Å². The molecule has 0 atom stereocenters. The molecular formula is C9H12N2O3. The number of carboxylic acids is 1. The Balaban J connectivity index is 2.46. The fraction of sp³-hybridized carbons (Fsp3) is 0.556. The van der Waals surface area contributed by atoms with Crippen LogP contribution in [0.1, 0.15) is 11.5 Å². The number of aryl methyl sites for hydroxylation is 2. The van der Waals surface area contributed by atoms with Gasteiger partial charge in [0.05, 0.1) is 18.9 Å². The molecule has 0 unspecified atom stereocenters. The molecule has 0 aromatic carbocycles. The van der Waals surface area contributed by atoms with E-state index in [-0.39, 0.29) is 13.2 Å². The van der Waals surface area contributed by atoms with E-state index in [0.717, 1.165) is 5.69 Å². The van der Waals surface area contributed by atoms with E-state index in [1.165, 1.54) is 0 Å². The maximum Gasteiger partial charge on any atom is 0.322 e. The second-order valence-electron chi connectivity index (χ2n) is 3.70. The number of nitrogens with zero attached hydrogens (tertiary/aromatic N) is 2. The highest BCUT2D eigenvalue weighted by molar-refractivity contribution is 5.81. The predicted molar refractivity (Wildman–Crippen MR) is 48.1 cm³/mol. The summed E-state index contributed by atoms with van der Waals surface area (Å²) >= 11 is 0. The quantitative estimate of drug-likeness (QED) is 0.727. The average molecular weight is 196 g/mol. The normalized spacial score (nSPS) is 19.0. The van der Waals surface area contributed by atoms with Gasteiger partial charge in [-0.05, 0) is 6.92 Å². The Kier molecular flexibility index (Phi) is 1.85. The van der Waals surface area contributed by atoms with Gasteiger partial charge in [0.25, 0.3) is 0 Å². The fourth-order valence-electron chi connectivity index (χ4n) is 1.72. The maximum atomic E-state index is 11.1. The zero-order valence-electron chi connectivity index (χ0n) is 8.15. The Morgan fingerprint density at radius 2 is 2.36 bits per heavy atom. The molecule has 5 heteroatoms. The molecule has 14 heavy (non-hydrogen) atoms. The number of carbonyl (C=O) groups is 1. The van der Waals surface area contributed by atoms with Gasteiger partial charge in [0.2, 0.25) is 0 Å². The molecule has 1 N–H and O–H groups in total. The number of rotatable bonds is 2. The number of imidazole rings is 1. The van der Waals surface area contributed by atoms with Crippen molar-refractivity contribution in [2.45, 2.75) is 12.3 Å². The zero-order chi connectivity index (χ0) is 10.3. The molecule has 0 spiro atoms. The van der Waals surface area contributed by atoms with Crippen molar-refractivity contribution in [3.05, 3.63) is 17.7 Å². The minimum atomic E-state index is -0.928. The van der Waals surface area contributed by atoms with Gasteiger partial charge in [-0.3, -0.25) is 4.79 Å². The molecule has 0 aliphatic carbocycles. The second kappa shape index (κ2) is 2.81. The first-order valence-corrected chi connectivity index (χ1v) is 4.38. The Labute approximate surface area is 81.3 Å². The van der Waals surface area contributed by atoms with Gasteiger partial charge in [0, 0.05) is 13.2 Å². The van der Waals surface area contributed by atoms with Gasteiger partial charge in [0.15, 0.2) is 5.41 Å². The van der Waals surface area contributed by atoms with Gasteiger partial charge in [0.1, 0.15) is 5.82 Å². The largest absolute Gasteiger partial charge is 0.480 e. The highest BCUT2D eigenvalue weighted by atomic mass is 16.5. The summed E-state index contributed by atoms with van der Waals surface area (Å²) in [6.07, 6.45) is 1.82. The molecule has 0 amide bonds. The second-order valence-corrected chi connectivity index (χ2v) is 3.70.